The molecule has 0 saturated carbocycles. The van der Waals surface area contributed by atoms with Gasteiger partial charge in [-0.25, -0.2) is 0 Å². The number of aryl methyl sites for hydroxylation is 2. The van der Waals surface area contributed by atoms with Crippen LogP contribution in [0.25, 0.3) is 0 Å². The van der Waals surface area contributed by atoms with Gasteiger partial charge in [-0.05, 0) is 31.0 Å². The van der Waals surface area contributed by atoms with Crippen LogP contribution in [0.2, 0.25) is 174 Å². The molecule has 0 nitrogen and oxygen atoms in total. The van der Waals surface area contributed by atoms with E-state index in [9.17, 15) is 0 Å². The van der Waals surface area contributed by atoms with E-state index in [0.717, 1.165) is 0 Å². The summed E-state index contributed by atoms with van der Waals surface area (Å²) in [6, 6.07) is 22.8. The van der Waals surface area contributed by atoms with Gasteiger partial charge in [0.25, 0.3) is 0 Å². The predicted molar refractivity (Wildman–Crippen MR) is 301 cm³/mol. The fourth-order valence-corrected chi connectivity index (χ4v) is 428. The molecule has 2 aromatic rings. The van der Waals surface area contributed by atoms with Crippen LogP contribution >= 0.6 is 0 Å². The van der Waals surface area contributed by atoms with E-state index in [0.29, 0.717) is 17.1 Å². The van der Waals surface area contributed by atoms with Crippen molar-refractivity contribution in [3.63, 3.8) is 0 Å². The molecule has 2 spiro atoms. The molecule has 12 heteroatoms. The Kier molecular flexibility index (Phi) is 10.8. The second kappa shape index (κ2) is 12.9. The monoisotopic (exact) mass is 982 g/mol. The lowest BCUT2D eigenvalue weighted by Gasteiger charge is -2.75. The van der Waals surface area contributed by atoms with Crippen molar-refractivity contribution in [2.24, 2.45) is 0 Å². The van der Waals surface area contributed by atoms with E-state index < -0.39 is 92.1 Å². The van der Waals surface area contributed by atoms with Crippen LogP contribution in [0, 0.1) is 13.8 Å². The average Bonchev–Trinajstić information content (AvgIpc) is 3.53. The highest BCUT2D eigenvalue weighted by Gasteiger charge is 3.26. The lowest BCUT2D eigenvalue weighted by Crippen LogP contribution is -2.92. The molecule has 0 N–H and O–H groups in total. The zero-order chi connectivity index (χ0) is 44.8. The second-order valence-corrected chi connectivity index (χ2v) is 123. The maximum absolute atomic E-state index is 3.02. The Morgan fingerprint density at radius 2 is 0.448 bits per heavy atom. The molecule has 4 saturated heterocycles. The number of fused-ring (bicyclic) bond motifs is 5. The van der Waals surface area contributed by atoms with E-state index in [1.165, 1.54) is 11.1 Å². The molecule has 0 aromatic heterocycles. The van der Waals surface area contributed by atoms with E-state index in [1.54, 1.807) is 25.7 Å². The lowest BCUT2D eigenvalue weighted by molar-refractivity contribution is 0.763. The summed E-state index contributed by atoms with van der Waals surface area (Å²) in [7, 11) is -18.4. The maximum Gasteiger partial charge on any atom is 0.0656 e. The third kappa shape index (κ3) is 4.66. The fourth-order valence-electron chi connectivity index (χ4n) is 21.3. The molecule has 0 amide bonds. The van der Waals surface area contributed by atoms with Crippen molar-refractivity contribution in [3.05, 3.63) is 59.7 Å². The first kappa shape index (κ1) is 48.5. The minimum absolute atomic E-state index is 0.692. The Balaban J connectivity index is 2.16. The molecule has 2 aromatic carbocycles. The van der Waals surface area contributed by atoms with E-state index in [2.05, 4.69) is 230 Å². The quantitative estimate of drug-likeness (QED) is 0.208. The molecule has 0 aliphatic carbocycles. The summed E-state index contributed by atoms with van der Waals surface area (Å²) in [5.74, 6) is 0. The van der Waals surface area contributed by atoms with Crippen molar-refractivity contribution in [2.75, 3.05) is 0 Å². The van der Waals surface area contributed by atoms with Crippen LogP contribution in [0.15, 0.2) is 48.5 Å². The van der Waals surface area contributed by atoms with Crippen LogP contribution in [-0.2, 0) is 0 Å². The Labute approximate surface area is 372 Å². The number of hydrogen-bond acceptors (Lipinski definition) is 0. The van der Waals surface area contributed by atoms with Crippen LogP contribution in [-0.4, -0.2) is 92.1 Å². The molecule has 0 bridgehead atoms. The summed E-state index contributed by atoms with van der Waals surface area (Å²) >= 11 is 0. The Morgan fingerprint density at radius 1 is 0.293 bits per heavy atom. The Hall–Kier alpha value is 1.04. The minimum Gasteiger partial charge on any atom is -0.0696 e. The SMILES string of the molecule is Cc1ccc([Si]23[Si]4(C([Si](C)(C)C)([Si](C)(C)C)CCC4([Si](C)(C)C)[Si](C)(C)C)[Si]2(c2ccc(C)cc2)[Si]32C([Si](C)(C)C)([Si](C)(C)C)CCC2([Si](C)(C)C)[Si](C)(C)C)cc1. The van der Waals surface area contributed by atoms with Crippen LogP contribution in [0.4, 0.5) is 0 Å². The van der Waals surface area contributed by atoms with Gasteiger partial charge in [0.1, 0.15) is 0 Å². The molecule has 0 unspecified atom stereocenters. The van der Waals surface area contributed by atoms with Crippen LogP contribution in [0.5, 0.6) is 0 Å². The lowest BCUT2D eigenvalue weighted by atomic mass is 10.2. The van der Waals surface area contributed by atoms with Crippen molar-refractivity contribution in [3.8, 4) is 0 Å². The summed E-state index contributed by atoms with van der Waals surface area (Å²) in [4.78, 5) is 0. The zero-order valence-corrected chi connectivity index (χ0v) is 55.4. The van der Waals surface area contributed by atoms with Gasteiger partial charge in [0.2, 0.25) is 0 Å². The van der Waals surface area contributed by atoms with Crippen molar-refractivity contribution in [2.45, 2.75) is 214 Å². The molecule has 4 fully saturated rings. The molecular formula is C46H94Si12. The van der Waals surface area contributed by atoms with Crippen molar-refractivity contribution in [1.82, 2.24) is 0 Å². The number of rotatable bonds is 10. The zero-order valence-electron chi connectivity index (χ0n) is 43.4. The van der Waals surface area contributed by atoms with Gasteiger partial charge in [-0.15, -0.1) is 0 Å². The van der Waals surface area contributed by atoms with Gasteiger partial charge in [-0.1, -0.05) is 253 Å². The second-order valence-electron chi connectivity index (χ2n) is 29.4. The van der Waals surface area contributed by atoms with Gasteiger partial charge in [0.15, 0.2) is 0 Å². The van der Waals surface area contributed by atoms with Gasteiger partial charge in [-0.2, -0.15) is 0 Å². The third-order valence-electron chi connectivity index (χ3n) is 20.2. The van der Waals surface area contributed by atoms with E-state index in [1.807, 2.05) is 0 Å². The average molecular weight is 984 g/mol. The highest BCUT2D eigenvalue weighted by molar-refractivity contribution is 8.62. The van der Waals surface area contributed by atoms with Crippen LogP contribution in [0.3, 0.4) is 0 Å². The van der Waals surface area contributed by atoms with E-state index in [-0.39, 0.29) is 0 Å². The highest BCUT2D eigenvalue weighted by atomic mass is 30.7. The first-order valence-corrected chi connectivity index (χ1v) is 64.8. The standard InChI is InChI=1S/C46H94Si12/c1-39-27-31-41(32-28-39)55-56(42-33-29-40(2)30-34-42,57(55)43(47(3,4)5,48(6,7)8)35-36-44(57,49(9,10)11)50(12,13)14)58(55)45(51(15,16)17,52(18,19)20)37-38-46(58,53(21,22)23)54(24,25)26/h27-34H,35-38H2,1-26H3. The molecule has 4 aliphatic rings. The normalized spacial score (nSPS) is 28.5. The highest BCUT2D eigenvalue weighted by Crippen LogP contribution is 3.03. The van der Waals surface area contributed by atoms with Gasteiger partial charge in [0, 0.05) is 78.8 Å². The summed E-state index contributed by atoms with van der Waals surface area (Å²) in [6.45, 7) is 73.0. The Bertz CT molecular complexity index is 1650. The largest absolute Gasteiger partial charge is 0.0696 e. The van der Waals surface area contributed by atoms with Gasteiger partial charge in [0.05, 0.1) is 13.3 Å². The Morgan fingerprint density at radius 3 is 0.586 bits per heavy atom. The molecule has 326 valence electrons. The minimum atomic E-state index is -2.21. The van der Waals surface area contributed by atoms with Crippen LogP contribution < -0.4 is 10.4 Å². The van der Waals surface area contributed by atoms with E-state index >= 15 is 0 Å². The maximum atomic E-state index is 3.02. The molecule has 58 heavy (non-hydrogen) atoms. The fraction of sp³-hybridized carbons (Fsp3) is 0.739. The molecular weight excluding hydrogens is 890 g/mol. The molecule has 6 rings (SSSR count). The topological polar surface area (TPSA) is 0 Å². The summed E-state index contributed by atoms with van der Waals surface area (Å²) in [5, 5.41) is 4.30. The molecule has 0 radical (unpaired) electrons. The third-order valence-corrected chi connectivity index (χ3v) is 204. The smallest absolute Gasteiger partial charge is 0.0656 e. The molecule has 0 atom stereocenters. The van der Waals surface area contributed by atoms with Crippen molar-refractivity contribution >= 4 is 102 Å². The summed E-state index contributed by atoms with van der Waals surface area (Å²) in [5.41, 5.74) is 3.02. The van der Waals surface area contributed by atoms with Gasteiger partial charge < -0.3 is 0 Å². The summed E-state index contributed by atoms with van der Waals surface area (Å²) in [6.07, 6.45) is 6.57. The van der Waals surface area contributed by atoms with Gasteiger partial charge in [-0.3, -0.25) is 0 Å². The molecule has 4 aliphatic heterocycles. The van der Waals surface area contributed by atoms with Crippen molar-refractivity contribution in [1.29, 1.82) is 0 Å². The summed E-state index contributed by atoms with van der Waals surface area (Å²) < 4.78 is 2.77. The number of benzene rings is 2. The molecule has 4 heterocycles. The predicted octanol–water partition coefficient (Wildman–Crippen LogP) is 14.2. The van der Waals surface area contributed by atoms with Gasteiger partial charge >= 0.3 is 0 Å². The number of hydrogen-bond donors (Lipinski definition) is 0. The first-order chi connectivity index (χ1) is 25.7. The van der Waals surface area contributed by atoms with E-state index in [4.69, 9.17) is 0 Å². The van der Waals surface area contributed by atoms with Crippen molar-refractivity contribution < 1.29 is 0 Å². The van der Waals surface area contributed by atoms with Crippen LogP contribution in [0.1, 0.15) is 36.8 Å². The first-order valence-electron chi connectivity index (χ1n) is 23.8.